The summed E-state index contributed by atoms with van der Waals surface area (Å²) in [5, 5.41) is 2.53. The van der Waals surface area contributed by atoms with Crippen LogP contribution in [0.1, 0.15) is 54.4 Å². The highest BCUT2D eigenvalue weighted by atomic mass is 28.3. The van der Waals surface area contributed by atoms with Gasteiger partial charge in [0, 0.05) is 6.04 Å². The van der Waals surface area contributed by atoms with E-state index in [9.17, 15) is 4.79 Å². The lowest BCUT2D eigenvalue weighted by Gasteiger charge is -2.42. The fraction of sp³-hybridized carbons (Fsp3) is 0.519. The molecule has 0 radical (unpaired) electrons. The normalized spacial score (nSPS) is 23.7. The maximum Gasteiger partial charge on any atom is 0.410 e. The summed E-state index contributed by atoms with van der Waals surface area (Å²) < 4.78 is 13.0. The molecule has 4 nitrogen and oxygen atoms in total. The molecule has 4 rings (SSSR count). The number of amides is 1. The van der Waals surface area contributed by atoms with E-state index in [4.69, 9.17) is 9.16 Å². The van der Waals surface area contributed by atoms with E-state index >= 15 is 0 Å². The molecule has 2 fully saturated rings. The second kappa shape index (κ2) is 8.68. The van der Waals surface area contributed by atoms with E-state index in [-0.39, 0.29) is 23.7 Å². The Morgan fingerprint density at radius 3 is 1.91 bits per heavy atom. The molecule has 1 heterocycles. The van der Waals surface area contributed by atoms with Crippen LogP contribution in [-0.4, -0.2) is 43.8 Å². The van der Waals surface area contributed by atoms with Crippen molar-refractivity contribution in [1.82, 2.24) is 4.90 Å². The van der Waals surface area contributed by atoms with Gasteiger partial charge in [-0.15, -0.1) is 0 Å². The molecule has 172 valence electrons. The van der Waals surface area contributed by atoms with Crippen molar-refractivity contribution in [1.29, 1.82) is 0 Å². The summed E-state index contributed by atoms with van der Waals surface area (Å²) in [6, 6.07) is 21.5. The third-order valence-electron chi connectivity index (χ3n) is 6.44. The SMILES string of the molecule is CC(C)(C)OC(=O)N1C2CC2CC1C(O[SiH](c1ccccc1)c1ccccc1)C(C)(C)C. The lowest BCUT2D eigenvalue weighted by atomic mass is 9.83. The Balaban J connectivity index is 1.66. The van der Waals surface area contributed by atoms with Crippen LogP contribution >= 0.6 is 0 Å². The van der Waals surface area contributed by atoms with E-state index < -0.39 is 14.6 Å². The van der Waals surface area contributed by atoms with Crippen LogP contribution in [0.2, 0.25) is 0 Å². The number of rotatable bonds is 5. The average molecular weight is 452 g/mol. The zero-order valence-electron chi connectivity index (χ0n) is 20.2. The van der Waals surface area contributed by atoms with Gasteiger partial charge in [-0.3, -0.25) is 4.90 Å². The molecular formula is C27H37NO3Si. The lowest BCUT2D eigenvalue weighted by Crippen LogP contribution is -2.57. The molecule has 2 aromatic rings. The lowest BCUT2D eigenvalue weighted by molar-refractivity contribution is -0.0194. The van der Waals surface area contributed by atoms with Crippen molar-refractivity contribution in [3.63, 3.8) is 0 Å². The molecule has 0 spiro atoms. The van der Waals surface area contributed by atoms with Gasteiger partial charge in [0.2, 0.25) is 9.04 Å². The van der Waals surface area contributed by atoms with Gasteiger partial charge in [-0.25, -0.2) is 4.79 Å². The molecule has 32 heavy (non-hydrogen) atoms. The quantitative estimate of drug-likeness (QED) is 0.634. The Morgan fingerprint density at radius 2 is 1.44 bits per heavy atom. The molecule has 1 saturated carbocycles. The Labute approximate surface area is 194 Å². The van der Waals surface area contributed by atoms with Crippen LogP contribution in [0.25, 0.3) is 0 Å². The molecule has 0 N–H and O–H groups in total. The smallest absolute Gasteiger partial charge is 0.410 e. The number of fused-ring (bicyclic) bond motifs is 1. The Morgan fingerprint density at radius 1 is 0.906 bits per heavy atom. The first-order valence-corrected chi connectivity index (χ1v) is 13.4. The predicted molar refractivity (Wildman–Crippen MR) is 132 cm³/mol. The van der Waals surface area contributed by atoms with Gasteiger partial charge < -0.3 is 9.16 Å². The largest absolute Gasteiger partial charge is 0.444 e. The molecule has 4 atom stereocenters. The number of carbonyl (C=O) groups excluding carboxylic acids is 1. The van der Waals surface area contributed by atoms with Crippen molar-refractivity contribution in [2.45, 2.75) is 78.2 Å². The first-order valence-electron chi connectivity index (χ1n) is 11.8. The summed E-state index contributed by atoms with van der Waals surface area (Å²) in [7, 11) is -1.95. The predicted octanol–water partition coefficient (Wildman–Crippen LogP) is 4.35. The van der Waals surface area contributed by atoms with Crippen molar-refractivity contribution >= 4 is 25.5 Å². The molecule has 1 aliphatic heterocycles. The van der Waals surface area contributed by atoms with E-state index in [1.165, 1.54) is 10.4 Å². The van der Waals surface area contributed by atoms with Crippen LogP contribution in [0.3, 0.4) is 0 Å². The van der Waals surface area contributed by atoms with E-state index in [1.807, 2.05) is 25.7 Å². The fourth-order valence-corrected chi connectivity index (χ4v) is 7.70. The third-order valence-corrected chi connectivity index (χ3v) is 8.98. The summed E-state index contributed by atoms with van der Waals surface area (Å²) in [6.07, 6.45) is 1.82. The average Bonchev–Trinajstić information content (AvgIpc) is 3.37. The van der Waals surface area contributed by atoms with Crippen LogP contribution in [0.5, 0.6) is 0 Å². The maximum atomic E-state index is 13.2. The number of likely N-dealkylation sites (tertiary alicyclic amines) is 1. The van der Waals surface area contributed by atoms with E-state index in [1.54, 1.807) is 0 Å². The van der Waals surface area contributed by atoms with Crippen LogP contribution in [0.15, 0.2) is 60.7 Å². The number of hydrogen-bond donors (Lipinski definition) is 0. The van der Waals surface area contributed by atoms with Gasteiger partial charge in [-0.2, -0.15) is 0 Å². The molecule has 2 aliphatic rings. The molecule has 5 heteroatoms. The summed E-state index contributed by atoms with van der Waals surface area (Å²) in [4.78, 5) is 15.2. The zero-order valence-corrected chi connectivity index (χ0v) is 21.4. The Hall–Kier alpha value is -2.11. The summed E-state index contributed by atoms with van der Waals surface area (Å²) in [5.41, 5.74) is -0.616. The van der Waals surface area contributed by atoms with E-state index in [0.717, 1.165) is 12.8 Å². The monoisotopic (exact) mass is 451 g/mol. The second-order valence-corrected chi connectivity index (χ2v) is 13.7. The number of ether oxygens (including phenoxy) is 1. The van der Waals surface area contributed by atoms with Crippen molar-refractivity contribution < 1.29 is 14.0 Å². The second-order valence-electron chi connectivity index (χ2n) is 11.4. The fourth-order valence-electron chi connectivity index (χ4n) is 4.97. The molecule has 1 saturated heterocycles. The van der Waals surface area contributed by atoms with Gasteiger partial charge in [0.1, 0.15) is 5.60 Å². The zero-order chi connectivity index (χ0) is 23.1. The third kappa shape index (κ3) is 5.10. The van der Waals surface area contributed by atoms with E-state index in [2.05, 4.69) is 81.4 Å². The highest BCUT2D eigenvalue weighted by Gasteiger charge is 2.58. The van der Waals surface area contributed by atoms with Crippen molar-refractivity contribution in [3.05, 3.63) is 60.7 Å². The highest BCUT2D eigenvalue weighted by molar-refractivity contribution is 6.80. The topological polar surface area (TPSA) is 38.8 Å². The molecule has 1 aliphatic carbocycles. The van der Waals surface area contributed by atoms with Crippen LogP contribution in [0, 0.1) is 11.3 Å². The Bertz CT molecular complexity index is 880. The molecule has 4 unspecified atom stereocenters. The highest BCUT2D eigenvalue weighted by Crippen LogP contribution is 2.51. The summed E-state index contributed by atoms with van der Waals surface area (Å²) >= 11 is 0. The van der Waals surface area contributed by atoms with E-state index in [0.29, 0.717) is 12.0 Å². The summed E-state index contributed by atoms with van der Waals surface area (Å²) in [5.74, 6) is 0.578. The van der Waals surface area contributed by atoms with Crippen LogP contribution in [0.4, 0.5) is 4.79 Å². The van der Waals surface area contributed by atoms with Crippen molar-refractivity contribution in [2.75, 3.05) is 0 Å². The van der Waals surface area contributed by atoms with Crippen LogP contribution < -0.4 is 10.4 Å². The molecule has 0 aromatic heterocycles. The van der Waals surface area contributed by atoms with Gasteiger partial charge in [0.05, 0.1) is 12.1 Å². The molecule has 0 bridgehead atoms. The van der Waals surface area contributed by atoms with Gasteiger partial charge in [-0.05, 0) is 55.3 Å². The van der Waals surface area contributed by atoms with Crippen molar-refractivity contribution in [2.24, 2.45) is 11.3 Å². The van der Waals surface area contributed by atoms with Gasteiger partial charge in [-0.1, -0.05) is 81.4 Å². The first-order chi connectivity index (χ1) is 15.0. The maximum absolute atomic E-state index is 13.2. The minimum Gasteiger partial charge on any atom is -0.444 e. The Kier molecular flexibility index (Phi) is 6.25. The standard InChI is InChI=1S/C27H37NO3Si/c1-26(2,3)24(23-18-19-17-22(19)28(23)25(29)30-27(4,5)6)31-32(20-13-9-7-10-14-20)21-15-11-8-12-16-21/h7-16,19,22-24,32H,17-18H2,1-6H3. The van der Waals surface area contributed by atoms with Crippen molar-refractivity contribution in [3.8, 4) is 0 Å². The first kappa shape index (κ1) is 23.1. The number of benzene rings is 2. The number of piperidine rings is 1. The molecule has 2 aromatic carbocycles. The number of carbonyl (C=O) groups is 1. The minimum absolute atomic E-state index is 0.0380. The van der Waals surface area contributed by atoms with Gasteiger partial charge in [0.25, 0.3) is 0 Å². The molecule has 1 amide bonds. The van der Waals surface area contributed by atoms with Gasteiger partial charge >= 0.3 is 6.09 Å². The summed E-state index contributed by atoms with van der Waals surface area (Å²) in [6.45, 7) is 12.5. The van der Waals surface area contributed by atoms with Gasteiger partial charge in [0.15, 0.2) is 0 Å². The molecular weight excluding hydrogens is 414 g/mol. The van der Waals surface area contributed by atoms with Crippen LogP contribution in [-0.2, 0) is 9.16 Å². The number of hydrogen-bond acceptors (Lipinski definition) is 3. The minimum atomic E-state index is -1.95. The number of nitrogens with zero attached hydrogens (tertiary/aromatic N) is 1.